The van der Waals surface area contributed by atoms with Gasteiger partial charge in [0.05, 0.1) is 4.47 Å². The van der Waals surface area contributed by atoms with Gasteiger partial charge in [-0.1, -0.05) is 39.8 Å². The highest BCUT2D eigenvalue weighted by Crippen LogP contribution is 2.33. The average Bonchev–Trinajstić information content (AvgIpc) is 2.32. The summed E-state index contributed by atoms with van der Waals surface area (Å²) in [5.74, 6) is 0.355. The zero-order valence-electron chi connectivity index (χ0n) is 11.7. The van der Waals surface area contributed by atoms with E-state index in [4.69, 9.17) is 0 Å². The molecule has 0 aromatic heterocycles. The number of hydrogen-bond donors (Lipinski definition) is 1. The number of rotatable bonds is 6. The Labute approximate surface area is 118 Å². The highest BCUT2D eigenvalue weighted by Gasteiger charge is 2.29. The summed E-state index contributed by atoms with van der Waals surface area (Å²) in [6.45, 7) is 10.7. The Bertz CT molecular complexity index is 392. The molecule has 1 nitrogen and oxygen atoms in total. The normalized spacial score (nSPS) is 14.8. The van der Waals surface area contributed by atoms with Crippen LogP contribution in [0.15, 0.2) is 22.7 Å². The molecule has 0 radical (unpaired) electrons. The lowest BCUT2D eigenvalue weighted by atomic mass is 9.74. The second-order valence-electron chi connectivity index (χ2n) is 5.48. The molecule has 1 aromatic carbocycles. The molecule has 1 atom stereocenters. The van der Waals surface area contributed by atoms with Gasteiger partial charge < -0.3 is 5.32 Å². The van der Waals surface area contributed by atoms with Gasteiger partial charge in [0.25, 0.3) is 0 Å². The van der Waals surface area contributed by atoms with Crippen molar-refractivity contribution in [1.29, 1.82) is 0 Å². The molecule has 1 unspecified atom stereocenters. The van der Waals surface area contributed by atoms with E-state index < -0.39 is 0 Å². The first-order valence-corrected chi connectivity index (χ1v) is 7.33. The van der Waals surface area contributed by atoms with Crippen LogP contribution in [-0.4, -0.2) is 13.1 Å². The minimum Gasteiger partial charge on any atom is -0.316 e. The first kappa shape index (κ1) is 15.6. The van der Waals surface area contributed by atoms with Crippen molar-refractivity contribution in [3.05, 3.63) is 34.1 Å². The van der Waals surface area contributed by atoms with Crippen molar-refractivity contribution < 1.29 is 4.39 Å². The lowest BCUT2D eigenvalue weighted by molar-refractivity contribution is 0.208. The maximum absolute atomic E-state index is 13.5. The van der Waals surface area contributed by atoms with E-state index in [1.807, 2.05) is 6.07 Å². The van der Waals surface area contributed by atoms with Crippen LogP contribution in [0, 0.1) is 17.2 Å². The third-order valence-electron chi connectivity index (χ3n) is 3.80. The third-order valence-corrected chi connectivity index (χ3v) is 4.69. The van der Waals surface area contributed by atoms with E-state index in [2.05, 4.69) is 48.9 Å². The molecule has 1 rings (SSSR count). The lowest BCUT2D eigenvalue weighted by Gasteiger charge is -2.34. The van der Waals surface area contributed by atoms with Gasteiger partial charge in [-0.2, -0.15) is 0 Å². The third kappa shape index (κ3) is 3.79. The van der Waals surface area contributed by atoms with Crippen molar-refractivity contribution in [2.24, 2.45) is 11.3 Å². The van der Waals surface area contributed by atoms with Crippen LogP contribution in [0.3, 0.4) is 0 Å². The lowest BCUT2D eigenvalue weighted by Crippen LogP contribution is -2.38. The zero-order valence-corrected chi connectivity index (χ0v) is 13.3. The average molecular weight is 316 g/mol. The summed E-state index contributed by atoms with van der Waals surface area (Å²) in [7, 11) is 0. The van der Waals surface area contributed by atoms with Crippen LogP contribution in [0.4, 0.5) is 4.39 Å². The molecule has 102 valence electrons. The van der Waals surface area contributed by atoms with Gasteiger partial charge in [-0.15, -0.1) is 0 Å². The molecule has 0 aliphatic carbocycles. The Morgan fingerprint density at radius 1 is 1.39 bits per heavy atom. The first-order chi connectivity index (χ1) is 8.40. The Morgan fingerprint density at radius 2 is 2.06 bits per heavy atom. The maximum atomic E-state index is 13.5. The molecule has 1 N–H and O–H groups in total. The van der Waals surface area contributed by atoms with Crippen LogP contribution < -0.4 is 5.32 Å². The van der Waals surface area contributed by atoms with Gasteiger partial charge in [-0.25, -0.2) is 4.39 Å². The van der Waals surface area contributed by atoms with Gasteiger partial charge in [0, 0.05) is 6.54 Å². The minimum absolute atomic E-state index is 0.131. The summed E-state index contributed by atoms with van der Waals surface area (Å²) in [6.07, 6.45) is 0.871. The van der Waals surface area contributed by atoms with E-state index in [0.29, 0.717) is 10.4 Å². The largest absolute Gasteiger partial charge is 0.316 e. The summed E-state index contributed by atoms with van der Waals surface area (Å²) < 4.78 is 14.1. The molecule has 0 fully saturated rings. The Morgan fingerprint density at radius 3 is 2.61 bits per heavy atom. The van der Waals surface area contributed by atoms with Crippen LogP contribution in [0.5, 0.6) is 0 Å². The predicted molar refractivity (Wildman–Crippen MR) is 79.3 cm³/mol. The molecule has 0 amide bonds. The SMILES string of the molecule is CCNCC(C)(Cc1cccc(F)c1Br)C(C)C. The standard InChI is InChI=1S/C15H23BrFN/c1-5-18-10-15(4,11(2)3)9-12-7-6-8-13(17)14(12)16/h6-8,11,18H,5,9-10H2,1-4H3. The van der Waals surface area contributed by atoms with Gasteiger partial charge in [0.15, 0.2) is 0 Å². The predicted octanol–water partition coefficient (Wildman–Crippen LogP) is 4.40. The monoisotopic (exact) mass is 315 g/mol. The van der Waals surface area contributed by atoms with Crippen LogP contribution in [0.1, 0.15) is 33.3 Å². The summed E-state index contributed by atoms with van der Waals surface area (Å²) in [6, 6.07) is 5.27. The Hall–Kier alpha value is -0.410. The topological polar surface area (TPSA) is 12.0 Å². The molecule has 0 aliphatic heterocycles. The zero-order chi connectivity index (χ0) is 13.8. The molecular formula is C15H23BrFN. The molecular weight excluding hydrogens is 293 g/mol. The molecule has 0 spiro atoms. The Balaban J connectivity index is 2.93. The Kier molecular flexibility index (Phi) is 5.80. The molecule has 0 bridgehead atoms. The van der Waals surface area contributed by atoms with Crippen molar-refractivity contribution in [3.8, 4) is 0 Å². The van der Waals surface area contributed by atoms with E-state index in [9.17, 15) is 4.39 Å². The smallest absolute Gasteiger partial charge is 0.137 e. The van der Waals surface area contributed by atoms with Gasteiger partial charge >= 0.3 is 0 Å². The highest BCUT2D eigenvalue weighted by molar-refractivity contribution is 9.10. The van der Waals surface area contributed by atoms with E-state index in [-0.39, 0.29) is 11.2 Å². The highest BCUT2D eigenvalue weighted by atomic mass is 79.9. The number of nitrogens with one attached hydrogen (secondary N) is 1. The fraction of sp³-hybridized carbons (Fsp3) is 0.600. The van der Waals surface area contributed by atoms with Gasteiger partial charge in [-0.3, -0.25) is 0 Å². The molecule has 1 aromatic rings. The fourth-order valence-corrected chi connectivity index (χ4v) is 2.41. The summed E-state index contributed by atoms with van der Waals surface area (Å²) in [4.78, 5) is 0. The van der Waals surface area contributed by atoms with E-state index in [1.54, 1.807) is 6.07 Å². The number of hydrogen-bond acceptors (Lipinski definition) is 1. The molecule has 3 heteroatoms. The van der Waals surface area contributed by atoms with Gasteiger partial charge in [-0.05, 0) is 51.9 Å². The van der Waals surface area contributed by atoms with E-state index in [0.717, 1.165) is 25.1 Å². The summed E-state index contributed by atoms with van der Waals surface area (Å²) in [5, 5.41) is 3.42. The molecule has 0 heterocycles. The summed E-state index contributed by atoms with van der Waals surface area (Å²) >= 11 is 3.35. The van der Waals surface area contributed by atoms with E-state index in [1.165, 1.54) is 6.07 Å². The van der Waals surface area contributed by atoms with E-state index >= 15 is 0 Å². The summed E-state index contributed by atoms with van der Waals surface area (Å²) in [5.41, 5.74) is 1.18. The van der Waals surface area contributed by atoms with Crippen molar-refractivity contribution in [1.82, 2.24) is 5.32 Å². The van der Waals surface area contributed by atoms with Crippen molar-refractivity contribution in [2.75, 3.05) is 13.1 Å². The first-order valence-electron chi connectivity index (χ1n) is 6.54. The maximum Gasteiger partial charge on any atom is 0.137 e. The quantitative estimate of drug-likeness (QED) is 0.820. The number of halogens is 2. The molecule has 0 aliphatic rings. The second kappa shape index (κ2) is 6.67. The fourth-order valence-electron chi connectivity index (χ4n) is 2.00. The molecule has 0 saturated carbocycles. The van der Waals surface area contributed by atoms with Crippen LogP contribution >= 0.6 is 15.9 Å². The van der Waals surface area contributed by atoms with Crippen LogP contribution in [0.25, 0.3) is 0 Å². The molecule has 18 heavy (non-hydrogen) atoms. The minimum atomic E-state index is -0.179. The van der Waals surface area contributed by atoms with Gasteiger partial charge in [0.2, 0.25) is 0 Å². The van der Waals surface area contributed by atoms with Crippen LogP contribution in [0.2, 0.25) is 0 Å². The number of benzene rings is 1. The van der Waals surface area contributed by atoms with Gasteiger partial charge in [0.1, 0.15) is 5.82 Å². The van der Waals surface area contributed by atoms with Crippen LogP contribution in [-0.2, 0) is 6.42 Å². The second-order valence-corrected chi connectivity index (χ2v) is 6.27. The van der Waals surface area contributed by atoms with Crippen molar-refractivity contribution in [3.63, 3.8) is 0 Å². The van der Waals surface area contributed by atoms with Crippen molar-refractivity contribution in [2.45, 2.75) is 34.1 Å². The molecule has 0 saturated heterocycles. The van der Waals surface area contributed by atoms with Crippen molar-refractivity contribution >= 4 is 15.9 Å².